The zero-order valence-electron chi connectivity index (χ0n) is 19.8. The van der Waals surface area contributed by atoms with Gasteiger partial charge in [-0.15, -0.1) is 11.8 Å². The summed E-state index contributed by atoms with van der Waals surface area (Å²) in [5.74, 6) is 3.59. The SMILES string of the molecule is COc1ccc(CCNC(=O)c2ccccc2SCC(=O)NC23CC4CC(CC(C4)C2)C3)cc1. The Hall–Kier alpha value is -2.47. The van der Waals surface area contributed by atoms with Gasteiger partial charge in [0.05, 0.1) is 18.4 Å². The maximum atomic E-state index is 12.9. The Morgan fingerprint density at radius 2 is 1.62 bits per heavy atom. The van der Waals surface area contributed by atoms with Gasteiger partial charge in [-0.25, -0.2) is 0 Å². The Bertz CT molecular complexity index is 1000. The highest BCUT2D eigenvalue weighted by Gasteiger charge is 2.51. The first kappa shape index (κ1) is 23.3. The normalized spacial score (nSPS) is 26.8. The number of hydrogen-bond donors (Lipinski definition) is 2. The average Bonchev–Trinajstić information content (AvgIpc) is 2.82. The van der Waals surface area contributed by atoms with Crippen LogP contribution < -0.4 is 15.4 Å². The maximum Gasteiger partial charge on any atom is 0.252 e. The van der Waals surface area contributed by atoms with Crippen molar-refractivity contribution in [1.82, 2.24) is 10.6 Å². The number of benzene rings is 2. The summed E-state index contributed by atoms with van der Waals surface area (Å²) in [6.45, 7) is 0.552. The van der Waals surface area contributed by atoms with E-state index in [9.17, 15) is 9.59 Å². The Morgan fingerprint density at radius 3 is 2.26 bits per heavy atom. The second kappa shape index (κ2) is 10.0. The fourth-order valence-corrected chi connectivity index (χ4v) is 7.58. The molecule has 4 aliphatic carbocycles. The number of methoxy groups -OCH3 is 1. The zero-order chi connectivity index (χ0) is 23.5. The van der Waals surface area contributed by atoms with E-state index < -0.39 is 0 Å². The van der Waals surface area contributed by atoms with E-state index in [4.69, 9.17) is 4.74 Å². The van der Waals surface area contributed by atoms with Crippen LogP contribution in [0.2, 0.25) is 0 Å². The lowest BCUT2D eigenvalue weighted by Crippen LogP contribution is -2.60. The van der Waals surface area contributed by atoms with Crippen LogP contribution in [0.3, 0.4) is 0 Å². The molecule has 0 radical (unpaired) electrons. The van der Waals surface area contributed by atoms with Crippen molar-refractivity contribution in [1.29, 1.82) is 0 Å². The van der Waals surface area contributed by atoms with E-state index in [0.717, 1.165) is 59.6 Å². The Labute approximate surface area is 206 Å². The third-order valence-electron chi connectivity index (χ3n) is 7.79. The highest BCUT2D eigenvalue weighted by atomic mass is 32.2. The molecule has 0 aromatic heterocycles. The van der Waals surface area contributed by atoms with E-state index in [1.807, 2.05) is 48.5 Å². The summed E-state index contributed by atoms with van der Waals surface area (Å²) < 4.78 is 5.19. The van der Waals surface area contributed by atoms with Crippen molar-refractivity contribution in [2.45, 2.75) is 55.4 Å². The summed E-state index contributed by atoms with van der Waals surface area (Å²) >= 11 is 1.46. The predicted molar refractivity (Wildman–Crippen MR) is 135 cm³/mol. The maximum absolute atomic E-state index is 12.9. The first-order valence-corrected chi connectivity index (χ1v) is 13.4. The average molecular weight is 479 g/mol. The highest BCUT2D eigenvalue weighted by molar-refractivity contribution is 8.00. The molecule has 2 amide bonds. The topological polar surface area (TPSA) is 67.4 Å². The largest absolute Gasteiger partial charge is 0.497 e. The molecule has 6 heteroatoms. The third kappa shape index (κ3) is 5.27. The number of ether oxygens (including phenoxy) is 1. The molecule has 0 aliphatic heterocycles. The van der Waals surface area contributed by atoms with Gasteiger partial charge in [-0.1, -0.05) is 24.3 Å². The van der Waals surface area contributed by atoms with Gasteiger partial charge < -0.3 is 15.4 Å². The smallest absolute Gasteiger partial charge is 0.252 e. The molecule has 2 aromatic carbocycles. The number of thioether (sulfide) groups is 1. The summed E-state index contributed by atoms with van der Waals surface area (Å²) in [4.78, 5) is 26.6. The van der Waals surface area contributed by atoms with Crippen molar-refractivity contribution in [3.8, 4) is 5.75 Å². The van der Waals surface area contributed by atoms with Gasteiger partial charge in [-0.2, -0.15) is 0 Å². The van der Waals surface area contributed by atoms with Gasteiger partial charge in [-0.3, -0.25) is 9.59 Å². The van der Waals surface area contributed by atoms with Crippen LogP contribution in [-0.2, 0) is 11.2 Å². The van der Waals surface area contributed by atoms with Crippen molar-refractivity contribution in [3.05, 3.63) is 59.7 Å². The van der Waals surface area contributed by atoms with Crippen molar-refractivity contribution in [2.24, 2.45) is 17.8 Å². The Morgan fingerprint density at radius 1 is 0.971 bits per heavy atom. The van der Waals surface area contributed by atoms with E-state index in [1.165, 1.54) is 31.0 Å². The van der Waals surface area contributed by atoms with Gasteiger partial charge in [0.15, 0.2) is 0 Å². The molecule has 4 fully saturated rings. The fraction of sp³-hybridized carbons (Fsp3) is 0.500. The van der Waals surface area contributed by atoms with E-state index in [2.05, 4.69) is 10.6 Å². The van der Waals surface area contributed by atoms with Crippen molar-refractivity contribution in [3.63, 3.8) is 0 Å². The third-order valence-corrected chi connectivity index (χ3v) is 8.87. The predicted octanol–water partition coefficient (Wildman–Crippen LogP) is 4.84. The molecule has 34 heavy (non-hydrogen) atoms. The van der Waals surface area contributed by atoms with Gasteiger partial charge in [0.25, 0.3) is 5.91 Å². The second-order valence-electron chi connectivity index (χ2n) is 10.4. The molecular formula is C28H34N2O3S. The lowest BCUT2D eigenvalue weighted by atomic mass is 9.53. The monoisotopic (exact) mass is 478 g/mol. The standard InChI is InChI=1S/C28H34N2O3S/c1-33-23-8-6-19(7-9-23)10-11-29-27(32)24-4-2-3-5-25(24)34-18-26(31)30-28-15-20-12-21(16-28)14-22(13-20)17-28/h2-9,20-22H,10-18H2,1H3,(H,29,32)(H,30,31). The van der Waals surface area contributed by atoms with Crippen LogP contribution in [0.5, 0.6) is 5.75 Å². The minimum atomic E-state index is -0.0990. The summed E-state index contributed by atoms with van der Waals surface area (Å²) in [6, 6.07) is 15.4. The van der Waals surface area contributed by atoms with E-state index >= 15 is 0 Å². The molecule has 5 nitrogen and oxygen atoms in total. The fourth-order valence-electron chi connectivity index (χ4n) is 6.73. The summed E-state index contributed by atoms with van der Waals surface area (Å²) in [5.41, 5.74) is 1.81. The van der Waals surface area contributed by atoms with Crippen molar-refractivity contribution >= 4 is 23.6 Å². The number of amides is 2. The minimum Gasteiger partial charge on any atom is -0.497 e. The van der Waals surface area contributed by atoms with E-state index in [-0.39, 0.29) is 17.4 Å². The number of carbonyl (C=O) groups excluding carboxylic acids is 2. The van der Waals surface area contributed by atoms with Crippen LogP contribution in [0.1, 0.15) is 54.4 Å². The summed E-state index contributed by atoms with van der Waals surface area (Å²) in [6.07, 6.45) is 8.31. The first-order valence-electron chi connectivity index (χ1n) is 12.5. The zero-order valence-corrected chi connectivity index (χ0v) is 20.7. The Balaban J connectivity index is 1.13. The van der Waals surface area contributed by atoms with Crippen molar-refractivity contribution < 1.29 is 14.3 Å². The molecule has 0 unspecified atom stereocenters. The molecule has 4 saturated carbocycles. The van der Waals surface area contributed by atoms with Gasteiger partial charge >= 0.3 is 0 Å². The molecule has 0 saturated heterocycles. The summed E-state index contributed by atoms with van der Waals surface area (Å²) in [5, 5.41) is 6.46. The van der Waals surface area contributed by atoms with Gasteiger partial charge in [-0.05, 0) is 92.5 Å². The molecular weight excluding hydrogens is 444 g/mol. The molecule has 2 aromatic rings. The molecule has 180 valence electrons. The summed E-state index contributed by atoms with van der Waals surface area (Å²) in [7, 11) is 1.65. The molecule has 4 aliphatic rings. The highest BCUT2D eigenvalue weighted by Crippen LogP contribution is 2.55. The number of rotatable bonds is 9. The van der Waals surface area contributed by atoms with Crippen LogP contribution >= 0.6 is 11.8 Å². The molecule has 0 atom stereocenters. The van der Waals surface area contributed by atoms with E-state index in [1.54, 1.807) is 7.11 Å². The van der Waals surface area contributed by atoms with Crippen LogP contribution in [0.15, 0.2) is 53.4 Å². The van der Waals surface area contributed by atoms with E-state index in [0.29, 0.717) is 17.9 Å². The number of nitrogens with one attached hydrogen (secondary N) is 2. The van der Waals surface area contributed by atoms with Gasteiger partial charge in [0, 0.05) is 17.0 Å². The molecule has 2 N–H and O–H groups in total. The van der Waals surface area contributed by atoms with Crippen LogP contribution in [0.4, 0.5) is 0 Å². The molecule has 0 heterocycles. The number of hydrogen-bond acceptors (Lipinski definition) is 4. The van der Waals surface area contributed by atoms with Crippen LogP contribution in [-0.4, -0.2) is 36.8 Å². The van der Waals surface area contributed by atoms with Gasteiger partial charge in [0.2, 0.25) is 5.91 Å². The van der Waals surface area contributed by atoms with Crippen molar-refractivity contribution in [2.75, 3.05) is 19.4 Å². The van der Waals surface area contributed by atoms with Crippen LogP contribution in [0.25, 0.3) is 0 Å². The van der Waals surface area contributed by atoms with Gasteiger partial charge in [0.1, 0.15) is 5.75 Å². The number of carbonyl (C=O) groups is 2. The second-order valence-corrected chi connectivity index (χ2v) is 11.4. The molecule has 4 bridgehead atoms. The molecule has 6 rings (SSSR count). The minimum absolute atomic E-state index is 0.0325. The van der Waals surface area contributed by atoms with Crippen LogP contribution in [0, 0.1) is 17.8 Å². The Kier molecular flexibility index (Phi) is 6.87. The lowest BCUT2D eigenvalue weighted by Gasteiger charge is -2.56. The lowest BCUT2D eigenvalue weighted by molar-refractivity contribution is -0.124. The quantitative estimate of drug-likeness (QED) is 0.506. The molecule has 0 spiro atoms. The first-order chi connectivity index (χ1) is 16.5.